The van der Waals surface area contributed by atoms with E-state index >= 15 is 0 Å². The predicted molar refractivity (Wildman–Crippen MR) is 86.1 cm³/mol. The van der Waals surface area contributed by atoms with Crippen LogP contribution in [-0.4, -0.2) is 17.2 Å². The fourth-order valence-corrected chi connectivity index (χ4v) is 2.16. The zero-order chi connectivity index (χ0) is 15.3. The van der Waals surface area contributed by atoms with E-state index in [-0.39, 0.29) is 0 Å². The highest BCUT2D eigenvalue weighted by Gasteiger charge is 2.29. The van der Waals surface area contributed by atoms with E-state index < -0.39 is 5.97 Å². The van der Waals surface area contributed by atoms with Gasteiger partial charge in [0, 0.05) is 12.8 Å². The van der Waals surface area contributed by atoms with E-state index in [1.165, 1.54) is 12.8 Å². The number of hydrogen-bond acceptors (Lipinski definition) is 2. The minimum atomic E-state index is -0.684. The molecule has 0 aromatic heterocycles. The fraction of sp³-hybridized carbons (Fsp3) is 0.611. The molecule has 1 aliphatic rings. The van der Waals surface area contributed by atoms with Crippen LogP contribution in [0, 0.1) is 0 Å². The number of allylic oxidation sites excluding steroid dienone is 4. The van der Waals surface area contributed by atoms with Crippen molar-refractivity contribution < 1.29 is 14.6 Å². The van der Waals surface area contributed by atoms with Gasteiger partial charge in [-0.25, -0.2) is 0 Å². The van der Waals surface area contributed by atoms with E-state index in [2.05, 4.69) is 37.3 Å². The monoisotopic (exact) mass is 292 g/mol. The van der Waals surface area contributed by atoms with Crippen molar-refractivity contribution in [3.8, 4) is 0 Å². The first-order valence-corrected chi connectivity index (χ1v) is 8.14. The van der Waals surface area contributed by atoms with Crippen LogP contribution in [0.1, 0.15) is 64.7 Å². The predicted octanol–water partition coefficient (Wildman–Crippen LogP) is 5.00. The van der Waals surface area contributed by atoms with E-state index in [1.54, 1.807) is 0 Å². The molecular weight excluding hydrogens is 264 g/mol. The molecule has 1 fully saturated rings. The number of carboxylic acid groups (broad SMARTS) is 1. The van der Waals surface area contributed by atoms with Crippen LogP contribution < -0.4 is 0 Å². The second-order valence-electron chi connectivity index (χ2n) is 5.42. The molecule has 1 heterocycles. The number of rotatable bonds is 12. The highest BCUT2D eigenvalue weighted by atomic mass is 16.6. The summed E-state index contributed by atoms with van der Waals surface area (Å²) >= 11 is 0. The largest absolute Gasteiger partial charge is 0.483 e. The molecule has 3 nitrogen and oxygen atoms in total. The third-order valence-corrected chi connectivity index (χ3v) is 3.45. The van der Waals surface area contributed by atoms with Crippen LogP contribution in [0.15, 0.2) is 36.1 Å². The standard InChI is InChI=1S/C18H28O3/c1-2-3-10-13-16-17(21-16)14-11-8-6-4-5-7-9-12-15-18(19)20/h3,8,10-11,14,16H,2,4-7,9,12-13,15H2,1H3,(H,19,20)/b10-3+,11-8+,17-14-. The minimum absolute atomic E-state index is 0.308. The van der Waals surface area contributed by atoms with Crippen LogP contribution in [-0.2, 0) is 9.53 Å². The van der Waals surface area contributed by atoms with Crippen molar-refractivity contribution in [1.82, 2.24) is 0 Å². The van der Waals surface area contributed by atoms with Crippen LogP contribution in [0.3, 0.4) is 0 Å². The summed E-state index contributed by atoms with van der Waals surface area (Å²) in [5.41, 5.74) is 0. The third kappa shape index (κ3) is 9.94. The minimum Gasteiger partial charge on any atom is -0.483 e. The molecule has 0 aromatic carbocycles. The van der Waals surface area contributed by atoms with Crippen LogP contribution >= 0.6 is 0 Å². The van der Waals surface area contributed by atoms with Gasteiger partial charge in [0.15, 0.2) is 6.10 Å². The van der Waals surface area contributed by atoms with Crippen molar-refractivity contribution in [3.63, 3.8) is 0 Å². The molecule has 1 rings (SSSR count). The van der Waals surface area contributed by atoms with Gasteiger partial charge in [0.05, 0.1) is 0 Å². The zero-order valence-electron chi connectivity index (χ0n) is 13.1. The SMILES string of the molecule is CC/C=C/CC1O/C1=C\C=C\CCCCCCCC(=O)O. The quantitative estimate of drug-likeness (QED) is 0.313. The smallest absolute Gasteiger partial charge is 0.303 e. The number of carbonyl (C=O) groups is 1. The lowest BCUT2D eigenvalue weighted by molar-refractivity contribution is -0.137. The van der Waals surface area contributed by atoms with Gasteiger partial charge in [-0.3, -0.25) is 4.79 Å². The summed E-state index contributed by atoms with van der Waals surface area (Å²) in [6.07, 6.45) is 19.8. The fourth-order valence-electron chi connectivity index (χ4n) is 2.16. The van der Waals surface area contributed by atoms with Crippen molar-refractivity contribution in [2.45, 2.75) is 70.8 Å². The summed E-state index contributed by atoms with van der Waals surface area (Å²) in [5, 5.41) is 8.51. The highest BCUT2D eigenvalue weighted by molar-refractivity contribution is 5.66. The number of epoxide rings is 1. The molecule has 1 unspecified atom stereocenters. The summed E-state index contributed by atoms with van der Waals surface area (Å²) in [4.78, 5) is 10.3. The normalized spacial score (nSPS) is 19.5. The van der Waals surface area contributed by atoms with E-state index in [0.29, 0.717) is 12.5 Å². The Morgan fingerprint density at radius 3 is 2.67 bits per heavy atom. The van der Waals surface area contributed by atoms with Crippen LogP contribution in [0.4, 0.5) is 0 Å². The topological polar surface area (TPSA) is 49.8 Å². The molecule has 0 aromatic rings. The van der Waals surface area contributed by atoms with Gasteiger partial charge in [-0.1, -0.05) is 50.5 Å². The van der Waals surface area contributed by atoms with E-state index in [1.807, 2.05) is 0 Å². The second kappa shape index (κ2) is 11.2. The van der Waals surface area contributed by atoms with Crippen molar-refractivity contribution in [1.29, 1.82) is 0 Å². The summed E-state index contributed by atoms with van der Waals surface area (Å²) in [6.45, 7) is 2.13. The molecule has 118 valence electrons. The number of aliphatic carboxylic acids is 1. The van der Waals surface area contributed by atoms with Crippen molar-refractivity contribution in [3.05, 3.63) is 36.1 Å². The Balaban J connectivity index is 1.92. The third-order valence-electron chi connectivity index (χ3n) is 3.45. The summed E-state index contributed by atoms with van der Waals surface area (Å²) in [7, 11) is 0. The average Bonchev–Trinajstić information content (AvgIpc) is 3.19. The molecule has 21 heavy (non-hydrogen) atoms. The van der Waals surface area contributed by atoms with Gasteiger partial charge in [0.2, 0.25) is 0 Å². The lowest BCUT2D eigenvalue weighted by atomic mass is 10.1. The first-order chi connectivity index (χ1) is 10.2. The number of unbranched alkanes of at least 4 members (excludes halogenated alkanes) is 5. The summed E-state index contributed by atoms with van der Waals surface area (Å²) < 4.78 is 5.47. The first kappa shape index (κ1) is 17.5. The van der Waals surface area contributed by atoms with E-state index in [9.17, 15) is 4.79 Å². The van der Waals surface area contributed by atoms with Crippen molar-refractivity contribution >= 4 is 5.97 Å². The van der Waals surface area contributed by atoms with Gasteiger partial charge in [0.25, 0.3) is 0 Å². The van der Waals surface area contributed by atoms with Crippen molar-refractivity contribution in [2.24, 2.45) is 0 Å². The van der Waals surface area contributed by atoms with E-state index in [4.69, 9.17) is 9.84 Å². The molecule has 0 spiro atoms. The average molecular weight is 292 g/mol. The van der Waals surface area contributed by atoms with Crippen LogP contribution in [0.25, 0.3) is 0 Å². The Labute approximate surface area is 128 Å². The Bertz CT molecular complexity index is 380. The van der Waals surface area contributed by atoms with E-state index in [0.717, 1.165) is 44.3 Å². The maximum absolute atomic E-state index is 10.3. The number of carboxylic acids is 1. The molecular formula is C18H28O3. The number of ether oxygens (including phenoxy) is 1. The molecule has 0 aliphatic carbocycles. The molecule has 0 radical (unpaired) electrons. The van der Waals surface area contributed by atoms with Gasteiger partial charge < -0.3 is 9.84 Å². The second-order valence-corrected chi connectivity index (χ2v) is 5.42. The van der Waals surface area contributed by atoms with Gasteiger partial charge >= 0.3 is 5.97 Å². The lowest BCUT2D eigenvalue weighted by Gasteiger charge is -1.97. The molecule has 1 saturated heterocycles. The lowest BCUT2D eigenvalue weighted by Crippen LogP contribution is -1.93. The first-order valence-electron chi connectivity index (χ1n) is 8.14. The molecule has 3 heteroatoms. The highest BCUT2D eigenvalue weighted by Crippen LogP contribution is 2.30. The van der Waals surface area contributed by atoms with Crippen LogP contribution in [0.5, 0.6) is 0 Å². The molecule has 1 aliphatic heterocycles. The Morgan fingerprint density at radius 2 is 1.90 bits per heavy atom. The Kier molecular flexibility index (Phi) is 9.34. The Morgan fingerprint density at radius 1 is 1.14 bits per heavy atom. The summed E-state index contributed by atoms with van der Waals surface area (Å²) in [5.74, 6) is 0.414. The molecule has 1 atom stereocenters. The molecule has 0 amide bonds. The van der Waals surface area contributed by atoms with Gasteiger partial charge in [-0.05, 0) is 31.8 Å². The summed E-state index contributed by atoms with van der Waals surface area (Å²) in [6, 6.07) is 0. The van der Waals surface area contributed by atoms with Gasteiger partial charge in [-0.2, -0.15) is 0 Å². The zero-order valence-corrected chi connectivity index (χ0v) is 13.1. The molecule has 0 saturated carbocycles. The molecule has 0 bridgehead atoms. The van der Waals surface area contributed by atoms with Gasteiger partial charge in [0.1, 0.15) is 5.76 Å². The number of hydrogen-bond donors (Lipinski definition) is 1. The van der Waals surface area contributed by atoms with Crippen molar-refractivity contribution in [2.75, 3.05) is 0 Å². The Hall–Kier alpha value is -1.51. The maximum atomic E-state index is 10.3. The molecule has 1 N–H and O–H groups in total. The van der Waals surface area contributed by atoms with Gasteiger partial charge in [-0.15, -0.1) is 0 Å². The maximum Gasteiger partial charge on any atom is 0.303 e. The van der Waals surface area contributed by atoms with Crippen LogP contribution in [0.2, 0.25) is 0 Å².